The highest BCUT2D eigenvalue weighted by Gasteiger charge is 2.19. The first-order chi connectivity index (χ1) is 12.6. The first-order valence-corrected chi connectivity index (χ1v) is 8.63. The normalized spacial score (nSPS) is 11.8. The molecule has 0 aliphatic carbocycles. The van der Waals surface area contributed by atoms with Gasteiger partial charge < -0.3 is 4.74 Å². The largest absolute Gasteiger partial charge is 0.497 e. The molecular formula is C22H18ClFO2. The number of hydrogen-bond acceptors (Lipinski definition) is 2. The summed E-state index contributed by atoms with van der Waals surface area (Å²) in [5, 5.41) is 0.645. The molecule has 1 atom stereocenters. The molecule has 0 heterocycles. The molecule has 0 spiro atoms. The van der Waals surface area contributed by atoms with Crippen molar-refractivity contribution in [2.24, 2.45) is 0 Å². The fourth-order valence-electron chi connectivity index (χ4n) is 2.90. The van der Waals surface area contributed by atoms with Gasteiger partial charge in [-0.2, -0.15) is 0 Å². The lowest BCUT2D eigenvalue weighted by molar-refractivity contribution is 0.0977. The molecule has 0 saturated carbocycles. The number of carbonyl (C=O) groups is 1. The second kappa shape index (κ2) is 8.15. The second-order valence-electron chi connectivity index (χ2n) is 6.01. The van der Waals surface area contributed by atoms with Gasteiger partial charge in [-0.3, -0.25) is 4.79 Å². The Bertz CT molecular complexity index is 872. The van der Waals surface area contributed by atoms with E-state index in [9.17, 15) is 9.18 Å². The summed E-state index contributed by atoms with van der Waals surface area (Å²) in [6.07, 6.45) is 0.277. The number of carbonyl (C=O) groups excluding carboxylic acids is 1. The molecule has 3 aromatic carbocycles. The zero-order valence-electron chi connectivity index (χ0n) is 14.3. The Morgan fingerprint density at radius 3 is 2.00 bits per heavy atom. The van der Waals surface area contributed by atoms with Crippen molar-refractivity contribution >= 4 is 17.4 Å². The number of rotatable bonds is 6. The van der Waals surface area contributed by atoms with E-state index in [1.54, 1.807) is 7.11 Å². The first-order valence-electron chi connectivity index (χ1n) is 8.25. The highest BCUT2D eigenvalue weighted by atomic mass is 35.5. The maximum absolute atomic E-state index is 13.1. The quantitative estimate of drug-likeness (QED) is 0.507. The Kier molecular flexibility index (Phi) is 5.69. The van der Waals surface area contributed by atoms with Gasteiger partial charge >= 0.3 is 0 Å². The average Bonchev–Trinajstić information content (AvgIpc) is 2.67. The van der Waals surface area contributed by atoms with Crippen LogP contribution >= 0.6 is 11.6 Å². The van der Waals surface area contributed by atoms with Gasteiger partial charge in [0.25, 0.3) is 0 Å². The van der Waals surface area contributed by atoms with Crippen LogP contribution in [0.5, 0.6) is 5.75 Å². The molecule has 4 heteroatoms. The number of ketones is 1. The van der Waals surface area contributed by atoms with Crippen LogP contribution in [0.4, 0.5) is 4.39 Å². The van der Waals surface area contributed by atoms with E-state index >= 15 is 0 Å². The molecule has 0 saturated heterocycles. The van der Waals surface area contributed by atoms with Crippen molar-refractivity contribution in [3.8, 4) is 5.75 Å². The van der Waals surface area contributed by atoms with Crippen LogP contribution in [-0.2, 0) is 0 Å². The van der Waals surface area contributed by atoms with Gasteiger partial charge in [-0.25, -0.2) is 4.39 Å². The predicted octanol–water partition coefficient (Wildman–Crippen LogP) is 5.89. The third-order valence-corrected chi connectivity index (χ3v) is 4.60. The summed E-state index contributed by atoms with van der Waals surface area (Å²) in [7, 11) is 1.61. The Labute approximate surface area is 157 Å². The number of hydrogen-bond donors (Lipinski definition) is 0. The molecule has 0 radical (unpaired) electrons. The Morgan fingerprint density at radius 1 is 0.923 bits per heavy atom. The molecule has 3 rings (SSSR count). The molecule has 0 bridgehead atoms. The van der Waals surface area contributed by atoms with Crippen molar-refractivity contribution in [3.63, 3.8) is 0 Å². The van der Waals surface area contributed by atoms with Crippen LogP contribution in [0.1, 0.15) is 33.8 Å². The Hall–Kier alpha value is -2.65. The van der Waals surface area contributed by atoms with E-state index in [0.29, 0.717) is 10.6 Å². The van der Waals surface area contributed by atoms with Crippen LogP contribution in [0, 0.1) is 5.82 Å². The van der Waals surface area contributed by atoms with E-state index in [1.165, 1.54) is 24.3 Å². The fourth-order valence-corrected chi connectivity index (χ4v) is 3.02. The molecule has 0 N–H and O–H groups in total. The number of benzene rings is 3. The van der Waals surface area contributed by atoms with Crippen molar-refractivity contribution in [2.75, 3.05) is 7.11 Å². The summed E-state index contributed by atoms with van der Waals surface area (Å²) in [5.74, 6) is 0.232. The van der Waals surface area contributed by atoms with Crippen LogP contribution in [0.3, 0.4) is 0 Å². The van der Waals surface area contributed by atoms with Gasteiger partial charge in [-0.1, -0.05) is 35.9 Å². The molecule has 2 nitrogen and oxygen atoms in total. The van der Waals surface area contributed by atoms with Crippen LogP contribution in [0.15, 0.2) is 72.8 Å². The maximum Gasteiger partial charge on any atom is 0.163 e. The number of methoxy groups -OCH3 is 1. The molecule has 0 amide bonds. The van der Waals surface area contributed by atoms with Crippen molar-refractivity contribution < 1.29 is 13.9 Å². The van der Waals surface area contributed by atoms with Gasteiger partial charge in [0, 0.05) is 22.9 Å². The third-order valence-electron chi connectivity index (χ3n) is 4.35. The topological polar surface area (TPSA) is 26.3 Å². The van der Waals surface area contributed by atoms with Crippen molar-refractivity contribution in [3.05, 3.63) is 100 Å². The molecule has 0 aliphatic heterocycles. The third kappa shape index (κ3) is 4.30. The highest BCUT2D eigenvalue weighted by molar-refractivity contribution is 6.30. The van der Waals surface area contributed by atoms with Crippen LogP contribution < -0.4 is 4.74 Å². The summed E-state index contributed by atoms with van der Waals surface area (Å²) in [5.41, 5.74) is 2.50. The molecule has 0 fully saturated rings. The lowest BCUT2D eigenvalue weighted by Crippen LogP contribution is -2.09. The fraction of sp³-hybridized carbons (Fsp3) is 0.136. The van der Waals surface area contributed by atoms with Crippen LogP contribution in [0.25, 0.3) is 0 Å². The van der Waals surface area contributed by atoms with Gasteiger partial charge in [0.15, 0.2) is 5.78 Å². The summed E-state index contributed by atoms with van der Waals surface area (Å²) in [6.45, 7) is 0. The smallest absolute Gasteiger partial charge is 0.163 e. The lowest BCUT2D eigenvalue weighted by atomic mass is 9.86. The molecule has 0 aromatic heterocycles. The Morgan fingerprint density at radius 2 is 1.46 bits per heavy atom. The van der Waals surface area contributed by atoms with E-state index in [2.05, 4.69) is 0 Å². The number of Topliss-reactive ketones (excluding diaryl/α,β-unsaturated/α-hetero) is 1. The van der Waals surface area contributed by atoms with E-state index in [4.69, 9.17) is 16.3 Å². The standard InChI is InChI=1S/C22H18ClFO2/c1-26-20-12-6-16(7-13-20)21(15-2-8-18(23)9-3-15)14-22(25)17-4-10-19(24)11-5-17/h2-13,21H,14H2,1H3. The summed E-state index contributed by atoms with van der Waals surface area (Å²) in [4.78, 5) is 12.7. The molecular weight excluding hydrogens is 351 g/mol. The van der Waals surface area contributed by atoms with Crippen molar-refractivity contribution in [2.45, 2.75) is 12.3 Å². The summed E-state index contributed by atoms with van der Waals surface area (Å²) in [6, 6.07) is 20.8. The first kappa shape index (κ1) is 18.2. The van der Waals surface area contributed by atoms with E-state index < -0.39 is 0 Å². The van der Waals surface area contributed by atoms with Crippen molar-refractivity contribution in [1.82, 2.24) is 0 Å². The van der Waals surface area contributed by atoms with Crippen LogP contribution in [0.2, 0.25) is 5.02 Å². The zero-order chi connectivity index (χ0) is 18.5. The molecule has 3 aromatic rings. The molecule has 1 unspecified atom stereocenters. The van der Waals surface area contributed by atoms with Gasteiger partial charge in [0.05, 0.1) is 7.11 Å². The van der Waals surface area contributed by atoms with Gasteiger partial charge in [0.1, 0.15) is 11.6 Å². The lowest BCUT2D eigenvalue weighted by Gasteiger charge is -2.18. The zero-order valence-corrected chi connectivity index (χ0v) is 15.0. The van der Waals surface area contributed by atoms with Gasteiger partial charge in [-0.05, 0) is 59.7 Å². The highest BCUT2D eigenvalue weighted by Crippen LogP contribution is 2.31. The molecule has 0 aliphatic rings. The Balaban J connectivity index is 1.92. The molecule has 26 heavy (non-hydrogen) atoms. The predicted molar refractivity (Wildman–Crippen MR) is 102 cm³/mol. The monoisotopic (exact) mass is 368 g/mol. The van der Waals surface area contributed by atoms with E-state index in [0.717, 1.165) is 16.9 Å². The summed E-state index contributed by atoms with van der Waals surface area (Å²) >= 11 is 6.00. The van der Waals surface area contributed by atoms with Crippen LogP contribution in [-0.4, -0.2) is 12.9 Å². The maximum atomic E-state index is 13.1. The SMILES string of the molecule is COc1ccc(C(CC(=O)c2ccc(F)cc2)c2ccc(Cl)cc2)cc1. The minimum absolute atomic E-state index is 0.0410. The van der Waals surface area contributed by atoms with E-state index in [-0.39, 0.29) is 23.9 Å². The number of halogens is 2. The second-order valence-corrected chi connectivity index (χ2v) is 6.45. The summed E-state index contributed by atoms with van der Waals surface area (Å²) < 4.78 is 18.3. The van der Waals surface area contributed by atoms with Gasteiger partial charge in [0.2, 0.25) is 0 Å². The minimum Gasteiger partial charge on any atom is -0.497 e. The molecule has 132 valence electrons. The van der Waals surface area contributed by atoms with Gasteiger partial charge in [-0.15, -0.1) is 0 Å². The van der Waals surface area contributed by atoms with E-state index in [1.807, 2.05) is 48.5 Å². The number of ether oxygens (including phenoxy) is 1. The van der Waals surface area contributed by atoms with Crippen molar-refractivity contribution in [1.29, 1.82) is 0 Å². The minimum atomic E-state index is -0.356. The average molecular weight is 369 g/mol.